The third kappa shape index (κ3) is 3.32. The van der Waals surface area contributed by atoms with Gasteiger partial charge in [0.25, 0.3) is 0 Å². The molecule has 0 spiro atoms. The van der Waals surface area contributed by atoms with Crippen LogP contribution in [-0.4, -0.2) is 50.1 Å². The second kappa shape index (κ2) is 6.95. The summed E-state index contributed by atoms with van der Waals surface area (Å²) in [5.74, 6) is 0.280. The molecule has 24 heavy (non-hydrogen) atoms. The third-order valence-electron chi connectivity index (χ3n) is 5.14. The number of para-hydroxylation sites is 1. The molecule has 0 saturated carbocycles. The van der Waals surface area contributed by atoms with Gasteiger partial charge in [-0.05, 0) is 29.5 Å². The molecule has 1 fully saturated rings. The summed E-state index contributed by atoms with van der Waals surface area (Å²) in [6.07, 6.45) is 1.06. The molecule has 5 heteroatoms. The molecular formula is C19H24N3OS+. The smallest absolute Gasteiger partial charge is 0.242 e. The van der Waals surface area contributed by atoms with E-state index in [-0.39, 0.29) is 5.91 Å². The highest BCUT2D eigenvalue weighted by Gasteiger charge is 2.27. The fraction of sp³-hybridized carbons (Fsp3) is 0.421. The van der Waals surface area contributed by atoms with Crippen LogP contribution in [0.4, 0.5) is 5.69 Å². The maximum Gasteiger partial charge on any atom is 0.242 e. The Morgan fingerprint density at radius 3 is 2.71 bits per heavy atom. The van der Waals surface area contributed by atoms with Crippen LogP contribution in [0.25, 0.3) is 0 Å². The summed E-state index contributed by atoms with van der Waals surface area (Å²) in [7, 11) is 0. The molecule has 1 amide bonds. The quantitative estimate of drug-likeness (QED) is 0.899. The van der Waals surface area contributed by atoms with E-state index in [0.29, 0.717) is 6.54 Å². The van der Waals surface area contributed by atoms with E-state index in [1.807, 2.05) is 11.3 Å². The molecule has 0 aliphatic carbocycles. The number of hydrogen-bond acceptors (Lipinski definition) is 3. The lowest BCUT2D eigenvalue weighted by Crippen LogP contribution is -3.13. The Morgan fingerprint density at radius 2 is 1.92 bits per heavy atom. The standard InChI is InChI=1S/C19H23N3OS/c23-19(15-22-8-7-16-4-1-2-6-18(16)22)21-11-9-20(10-12-21)14-17-5-3-13-24-17/h1-6,13H,7-12,14-15H2/p+1. The van der Waals surface area contributed by atoms with Crippen molar-refractivity contribution in [3.8, 4) is 0 Å². The summed E-state index contributed by atoms with van der Waals surface area (Å²) in [5, 5.41) is 2.14. The van der Waals surface area contributed by atoms with Gasteiger partial charge in [0.05, 0.1) is 37.6 Å². The van der Waals surface area contributed by atoms with Gasteiger partial charge in [-0.3, -0.25) is 4.79 Å². The Hall–Kier alpha value is -1.85. The molecule has 1 N–H and O–H groups in total. The number of benzene rings is 1. The summed E-state index contributed by atoms with van der Waals surface area (Å²) < 4.78 is 0. The van der Waals surface area contributed by atoms with Crippen molar-refractivity contribution < 1.29 is 9.69 Å². The predicted molar refractivity (Wildman–Crippen MR) is 97.7 cm³/mol. The average Bonchev–Trinajstić information content (AvgIpc) is 3.26. The van der Waals surface area contributed by atoms with Gasteiger partial charge in [0.2, 0.25) is 5.91 Å². The number of carbonyl (C=O) groups is 1. The van der Waals surface area contributed by atoms with Crippen molar-refractivity contribution in [3.05, 3.63) is 52.2 Å². The zero-order valence-electron chi connectivity index (χ0n) is 13.9. The first-order chi connectivity index (χ1) is 11.8. The van der Waals surface area contributed by atoms with Gasteiger partial charge in [0.15, 0.2) is 0 Å². The van der Waals surface area contributed by atoms with E-state index in [0.717, 1.165) is 45.7 Å². The van der Waals surface area contributed by atoms with Crippen molar-refractivity contribution in [1.29, 1.82) is 0 Å². The third-order valence-corrected chi connectivity index (χ3v) is 6.01. The topological polar surface area (TPSA) is 28.0 Å². The summed E-state index contributed by atoms with van der Waals surface area (Å²) in [6.45, 7) is 6.47. The summed E-state index contributed by atoms with van der Waals surface area (Å²) in [6, 6.07) is 12.8. The minimum absolute atomic E-state index is 0.280. The molecule has 126 valence electrons. The SMILES string of the molecule is O=C(CN1CCc2ccccc21)N1CC[NH+](Cc2cccs2)CC1. The average molecular weight is 342 g/mol. The van der Waals surface area contributed by atoms with Crippen LogP contribution in [0.1, 0.15) is 10.4 Å². The molecule has 2 aliphatic heterocycles. The van der Waals surface area contributed by atoms with Gasteiger partial charge >= 0.3 is 0 Å². The van der Waals surface area contributed by atoms with Gasteiger partial charge in [-0.15, -0.1) is 11.3 Å². The fourth-order valence-electron chi connectivity index (χ4n) is 3.74. The summed E-state index contributed by atoms with van der Waals surface area (Å²) >= 11 is 1.83. The van der Waals surface area contributed by atoms with E-state index < -0.39 is 0 Å². The lowest BCUT2D eigenvalue weighted by atomic mass is 10.2. The van der Waals surface area contributed by atoms with Gasteiger partial charge in [0.1, 0.15) is 6.54 Å². The van der Waals surface area contributed by atoms with Gasteiger partial charge in [-0.2, -0.15) is 0 Å². The number of quaternary nitrogens is 1. The number of hydrogen-bond donors (Lipinski definition) is 1. The summed E-state index contributed by atoms with van der Waals surface area (Å²) in [4.78, 5) is 20.0. The van der Waals surface area contributed by atoms with Crippen molar-refractivity contribution in [2.75, 3.05) is 44.2 Å². The van der Waals surface area contributed by atoms with Crippen LogP contribution in [-0.2, 0) is 17.8 Å². The molecule has 4 nitrogen and oxygen atoms in total. The van der Waals surface area contributed by atoms with E-state index in [9.17, 15) is 4.79 Å². The van der Waals surface area contributed by atoms with Crippen molar-refractivity contribution >= 4 is 22.9 Å². The fourth-order valence-corrected chi connectivity index (χ4v) is 4.52. The molecule has 0 radical (unpaired) electrons. The zero-order valence-corrected chi connectivity index (χ0v) is 14.7. The van der Waals surface area contributed by atoms with E-state index in [1.54, 1.807) is 4.90 Å². The Bertz CT molecular complexity index is 692. The Balaban J connectivity index is 1.29. The number of anilines is 1. The van der Waals surface area contributed by atoms with Crippen LogP contribution in [0, 0.1) is 0 Å². The molecule has 0 unspecified atom stereocenters. The van der Waals surface area contributed by atoms with Crippen LogP contribution in [0.15, 0.2) is 41.8 Å². The number of rotatable bonds is 4. The minimum atomic E-state index is 0.280. The first-order valence-corrected chi connectivity index (χ1v) is 9.64. The molecule has 1 aromatic carbocycles. The van der Waals surface area contributed by atoms with Gasteiger partial charge in [0, 0.05) is 12.2 Å². The Labute approximate surface area is 147 Å². The molecule has 1 aromatic heterocycles. The maximum absolute atomic E-state index is 12.7. The lowest BCUT2D eigenvalue weighted by molar-refractivity contribution is -0.917. The Kier molecular flexibility index (Phi) is 4.54. The van der Waals surface area contributed by atoms with Gasteiger partial charge < -0.3 is 14.7 Å². The van der Waals surface area contributed by atoms with E-state index in [1.165, 1.54) is 16.1 Å². The number of nitrogens with one attached hydrogen (secondary N) is 1. The first kappa shape index (κ1) is 15.7. The van der Waals surface area contributed by atoms with Gasteiger partial charge in [-0.1, -0.05) is 24.3 Å². The first-order valence-electron chi connectivity index (χ1n) is 8.76. The van der Waals surface area contributed by atoms with E-state index >= 15 is 0 Å². The summed E-state index contributed by atoms with van der Waals surface area (Å²) in [5.41, 5.74) is 2.61. The molecular weight excluding hydrogens is 318 g/mol. The van der Waals surface area contributed by atoms with Gasteiger partial charge in [-0.25, -0.2) is 0 Å². The molecule has 0 bridgehead atoms. The highest BCUT2D eigenvalue weighted by molar-refractivity contribution is 7.09. The highest BCUT2D eigenvalue weighted by Crippen LogP contribution is 2.27. The van der Waals surface area contributed by atoms with Crippen LogP contribution >= 0.6 is 11.3 Å². The monoisotopic (exact) mass is 342 g/mol. The van der Waals surface area contributed by atoms with Crippen molar-refractivity contribution in [1.82, 2.24) is 4.90 Å². The van der Waals surface area contributed by atoms with E-state index in [2.05, 4.69) is 51.6 Å². The van der Waals surface area contributed by atoms with Crippen LogP contribution in [0.2, 0.25) is 0 Å². The molecule has 0 atom stereocenters. The van der Waals surface area contributed by atoms with Crippen molar-refractivity contribution in [3.63, 3.8) is 0 Å². The normalized spacial score (nSPS) is 18.0. The van der Waals surface area contributed by atoms with Crippen LogP contribution < -0.4 is 9.80 Å². The minimum Gasteiger partial charge on any atom is -0.362 e. The number of carbonyl (C=O) groups excluding carboxylic acids is 1. The van der Waals surface area contributed by atoms with Crippen LogP contribution in [0.3, 0.4) is 0 Å². The number of amides is 1. The second-order valence-electron chi connectivity index (χ2n) is 6.69. The zero-order chi connectivity index (χ0) is 16.4. The predicted octanol–water partition coefficient (Wildman–Crippen LogP) is 1.04. The number of piperazine rings is 1. The van der Waals surface area contributed by atoms with E-state index in [4.69, 9.17) is 0 Å². The maximum atomic E-state index is 12.7. The highest BCUT2D eigenvalue weighted by atomic mass is 32.1. The number of thiophene rings is 1. The molecule has 3 heterocycles. The van der Waals surface area contributed by atoms with Crippen LogP contribution in [0.5, 0.6) is 0 Å². The molecule has 2 aliphatic rings. The number of fused-ring (bicyclic) bond motifs is 1. The largest absolute Gasteiger partial charge is 0.362 e. The molecule has 4 rings (SSSR count). The van der Waals surface area contributed by atoms with Crippen molar-refractivity contribution in [2.45, 2.75) is 13.0 Å². The lowest BCUT2D eigenvalue weighted by Gasteiger charge is -2.33. The number of nitrogens with zero attached hydrogens (tertiary/aromatic N) is 2. The molecule has 1 saturated heterocycles. The second-order valence-corrected chi connectivity index (χ2v) is 7.72. The van der Waals surface area contributed by atoms with Crippen molar-refractivity contribution in [2.24, 2.45) is 0 Å². The Morgan fingerprint density at radius 1 is 1.08 bits per heavy atom. The molecule has 2 aromatic rings.